The van der Waals surface area contributed by atoms with Gasteiger partial charge < -0.3 is 4.90 Å². The maximum atomic E-state index is 13.2. The van der Waals surface area contributed by atoms with Gasteiger partial charge in [0.25, 0.3) is 0 Å². The summed E-state index contributed by atoms with van der Waals surface area (Å²) in [5.74, 6) is 0.151. The normalized spacial score (nSPS) is 19.4. The number of rotatable bonds is 5. The summed E-state index contributed by atoms with van der Waals surface area (Å²) in [5, 5.41) is 0. The predicted molar refractivity (Wildman–Crippen MR) is 79.5 cm³/mol. The van der Waals surface area contributed by atoms with Gasteiger partial charge in [0.05, 0.1) is 0 Å². The fraction of sp³-hybridized carbons (Fsp3) is 0.600. The molecule has 19 heavy (non-hydrogen) atoms. The maximum absolute atomic E-state index is 13.2. The van der Waals surface area contributed by atoms with Crippen molar-refractivity contribution in [3.8, 4) is 0 Å². The first-order valence-electron chi connectivity index (χ1n) is 7.03. The molecule has 4 heteroatoms. The zero-order chi connectivity index (χ0) is 13.8. The van der Waals surface area contributed by atoms with Crippen LogP contribution in [-0.2, 0) is 5.88 Å². The highest BCUT2D eigenvalue weighted by molar-refractivity contribution is 6.17. The number of hydrogen-bond donors (Lipinski definition) is 0. The van der Waals surface area contributed by atoms with E-state index < -0.39 is 0 Å². The molecule has 0 aromatic heterocycles. The van der Waals surface area contributed by atoms with Crippen molar-refractivity contribution in [2.24, 2.45) is 0 Å². The van der Waals surface area contributed by atoms with Crippen molar-refractivity contribution in [1.29, 1.82) is 0 Å². The molecule has 0 aliphatic carbocycles. The molecule has 0 amide bonds. The molecular formula is C15H22ClFN2. The third kappa shape index (κ3) is 3.21. The van der Waals surface area contributed by atoms with Gasteiger partial charge in [-0.3, -0.25) is 4.90 Å². The van der Waals surface area contributed by atoms with Crippen LogP contribution in [0, 0.1) is 5.82 Å². The van der Waals surface area contributed by atoms with Gasteiger partial charge in [0.2, 0.25) is 0 Å². The van der Waals surface area contributed by atoms with Crippen LogP contribution >= 0.6 is 11.6 Å². The topological polar surface area (TPSA) is 6.48 Å². The number of nitrogens with zero attached hydrogens (tertiary/aromatic N) is 2. The Kier molecular flexibility index (Phi) is 5.06. The molecule has 1 atom stereocenters. The molecule has 0 saturated carbocycles. The predicted octanol–water partition coefficient (Wildman–Crippen LogP) is 3.49. The summed E-state index contributed by atoms with van der Waals surface area (Å²) in [6, 6.07) is 5.53. The number of halogens is 2. The van der Waals surface area contributed by atoms with E-state index in [9.17, 15) is 4.39 Å². The monoisotopic (exact) mass is 284 g/mol. The molecule has 2 rings (SSSR count). The number of benzene rings is 1. The van der Waals surface area contributed by atoms with Gasteiger partial charge in [-0.15, -0.1) is 11.6 Å². The van der Waals surface area contributed by atoms with E-state index in [1.807, 2.05) is 6.07 Å². The molecule has 0 N–H and O–H groups in total. The summed E-state index contributed by atoms with van der Waals surface area (Å²) < 4.78 is 13.2. The summed E-state index contributed by atoms with van der Waals surface area (Å²) in [7, 11) is 0. The zero-order valence-corrected chi connectivity index (χ0v) is 12.5. The van der Waals surface area contributed by atoms with Crippen LogP contribution in [0.4, 0.5) is 10.1 Å². The molecule has 1 aliphatic rings. The molecule has 1 fully saturated rings. The molecule has 1 heterocycles. The molecule has 2 nitrogen and oxygen atoms in total. The molecule has 1 aromatic carbocycles. The van der Waals surface area contributed by atoms with Crippen LogP contribution in [0.25, 0.3) is 0 Å². The van der Waals surface area contributed by atoms with Crippen molar-refractivity contribution in [2.75, 3.05) is 31.1 Å². The Morgan fingerprint density at radius 3 is 2.74 bits per heavy atom. The third-order valence-electron chi connectivity index (χ3n) is 4.02. The Bertz CT molecular complexity index is 421. The van der Waals surface area contributed by atoms with E-state index in [-0.39, 0.29) is 5.82 Å². The second-order valence-electron chi connectivity index (χ2n) is 5.02. The second kappa shape index (κ2) is 6.58. The zero-order valence-electron chi connectivity index (χ0n) is 11.7. The highest BCUT2D eigenvalue weighted by Crippen LogP contribution is 2.28. The highest BCUT2D eigenvalue weighted by atomic mass is 35.5. The number of anilines is 1. The van der Waals surface area contributed by atoms with Crippen molar-refractivity contribution in [1.82, 2.24) is 4.90 Å². The van der Waals surface area contributed by atoms with E-state index in [0.717, 1.165) is 37.4 Å². The van der Waals surface area contributed by atoms with Gasteiger partial charge in [-0.1, -0.05) is 13.8 Å². The standard InChI is InChI=1S/C15H22ClFN2/c1-3-18(4-2)14-7-8-19(11-14)15-6-5-13(17)9-12(15)10-16/h5-6,9,14H,3-4,7-8,10-11H2,1-2H3. The third-order valence-corrected chi connectivity index (χ3v) is 4.31. The SMILES string of the molecule is CCN(CC)C1CCN(c2ccc(F)cc2CCl)C1. The minimum Gasteiger partial charge on any atom is -0.370 e. The lowest BCUT2D eigenvalue weighted by atomic mass is 10.2. The van der Waals surface area contributed by atoms with Crippen LogP contribution in [0.15, 0.2) is 18.2 Å². The lowest BCUT2D eigenvalue weighted by Crippen LogP contribution is -2.37. The number of hydrogen-bond acceptors (Lipinski definition) is 2. The number of alkyl halides is 1. The Labute approximate surface area is 120 Å². The molecule has 106 valence electrons. The van der Waals surface area contributed by atoms with Crippen LogP contribution in [-0.4, -0.2) is 37.1 Å². The van der Waals surface area contributed by atoms with Gasteiger partial charge in [0.1, 0.15) is 5.82 Å². The van der Waals surface area contributed by atoms with Gasteiger partial charge in [0, 0.05) is 30.7 Å². The first kappa shape index (κ1) is 14.6. The molecular weight excluding hydrogens is 263 g/mol. The molecule has 1 aromatic rings. The van der Waals surface area contributed by atoms with Crippen LogP contribution < -0.4 is 4.90 Å². The van der Waals surface area contributed by atoms with Gasteiger partial charge in [-0.2, -0.15) is 0 Å². The fourth-order valence-corrected chi connectivity index (χ4v) is 3.18. The van der Waals surface area contributed by atoms with Gasteiger partial charge in [0.15, 0.2) is 0 Å². The lowest BCUT2D eigenvalue weighted by molar-refractivity contribution is 0.232. The minimum absolute atomic E-state index is 0.209. The molecule has 1 unspecified atom stereocenters. The first-order chi connectivity index (χ1) is 9.19. The van der Waals surface area contributed by atoms with Crippen LogP contribution in [0.3, 0.4) is 0 Å². The Morgan fingerprint density at radius 2 is 2.11 bits per heavy atom. The van der Waals surface area contributed by atoms with E-state index in [1.165, 1.54) is 12.5 Å². The van der Waals surface area contributed by atoms with Crippen LogP contribution in [0.1, 0.15) is 25.8 Å². The molecule has 0 bridgehead atoms. The van der Waals surface area contributed by atoms with Gasteiger partial charge in [-0.25, -0.2) is 4.39 Å². The van der Waals surface area contributed by atoms with Crippen LogP contribution in [0.5, 0.6) is 0 Å². The Morgan fingerprint density at radius 1 is 1.37 bits per heavy atom. The summed E-state index contributed by atoms with van der Waals surface area (Å²) in [5.41, 5.74) is 1.98. The van der Waals surface area contributed by atoms with Crippen molar-refractivity contribution in [3.63, 3.8) is 0 Å². The summed E-state index contributed by atoms with van der Waals surface area (Å²) >= 11 is 5.93. The van der Waals surface area contributed by atoms with E-state index in [0.29, 0.717) is 11.9 Å². The Balaban J connectivity index is 2.12. The average Bonchev–Trinajstić information content (AvgIpc) is 2.89. The second-order valence-corrected chi connectivity index (χ2v) is 5.28. The van der Waals surface area contributed by atoms with E-state index in [4.69, 9.17) is 11.6 Å². The first-order valence-corrected chi connectivity index (χ1v) is 7.56. The average molecular weight is 285 g/mol. The molecule has 0 radical (unpaired) electrons. The smallest absolute Gasteiger partial charge is 0.123 e. The largest absolute Gasteiger partial charge is 0.370 e. The summed E-state index contributed by atoms with van der Waals surface area (Å²) in [6.07, 6.45) is 1.17. The van der Waals surface area contributed by atoms with Crippen molar-refractivity contribution in [2.45, 2.75) is 32.2 Å². The van der Waals surface area contributed by atoms with E-state index >= 15 is 0 Å². The van der Waals surface area contributed by atoms with Crippen LogP contribution in [0.2, 0.25) is 0 Å². The van der Waals surface area contributed by atoms with Gasteiger partial charge in [-0.05, 0) is 43.3 Å². The molecule has 1 saturated heterocycles. The summed E-state index contributed by atoms with van der Waals surface area (Å²) in [4.78, 5) is 4.82. The summed E-state index contributed by atoms with van der Waals surface area (Å²) in [6.45, 7) is 8.61. The minimum atomic E-state index is -0.209. The maximum Gasteiger partial charge on any atom is 0.123 e. The quantitative estimate of drug-likeness (QED) is 0.764. The fourth-order valence-electron chi connectivity index (χ4n) is 2.97. The number of likely N-dealkylation sites (N-methyl/N-ethyl adjacent to an activating group) is 1. The van der Waals surface area contributed by atoms with Crippen molar-refractivity contribution >= 4 is 17.3 Å². The molecule has 1 aliphatic heterocycles. The van der Waals surface area contributed by atoms with E-state index in [2.05, 4.69) is 23.6 Å². The van der Waals surface area contributed by atoms with E-state index in [1.54, 1.807) is 6.07 Å². The van der Waals surface area contributed by atoms with Crippen molar-refractivity contribution < 1.29 is 4.39 Å². The highest BCUT2D eigenvalue weighted by Gasteiger charge is 2.27. The molecule has 0 spiro atoms. The van der Waals surface area contributed by atoms with Crippen molar-refractivity contribution in [3.05, 3.63) is 29.6 Å². The van der Waals surface area contributed by atoms with Gasteiger partial charge >= 0.3 is 0 Å². The lowest BCUT2D eigenvalue weighted by Gasteiger charge is -2.27. The Hall–Kier alpha value is -0.800.